The van der Waals surface area contributed by atoms with Gasteiger partial charge in [-0.25, -0.2) is 4.68 Å². The molecular formula is C19H21N3O. The van der Waals surface area contributed by atoms with E-state index in [9.17, 15) is 4.79 Å². The maximum atomic E-state index is 12.3. The van der Waals surface area contributed by atoms with Crippen molar-refractivity contribution in [3.8, 4) is 6.07 Å². The lowest BCUT2D eigenvalue weighted by Gasteiger charge is -2.18. The molecule has 0 aliphatic carbocycles. The number of benzene rings is 1. The minimum absolute atomic E-state index is 0.0991. The summed E-state index contributed by atoms with van der Waals surface area (Å²) in [6.07, 6.45) is 1.64. The van der Waals surface area contributed by atoms with Gasteiger partial charge in [-0.3, -0.25) is 4.79 Å². The third kappa shape index (κ3) is 3.57. The number of nitrogens with zero attached hydrogens (tertiary/aromatic N) is 3. The summed E-state index contributed by atoms with van der Waals surface area (Å²) in [4.78, 5) is 12.3. The predicted octanol–water partition coefficient (Wildman–Crippen LogP) is 3.52. The Balaban J connectivity index is 2.38. The molecule has 0 amide bonds. The van der Waals surface area contributed by atoms with Crippen LogP contribution in [0.1, 0.15) is 48.7 Å². The zero-order valence-electron chi connectivity index (χ0n) is 14.2. The molecule has 0 unspecified atom stereocenters. The van der Waals surface area contributed by atoms with Crippen LogP contribution in [0.25, 0.3) is 0 Å². The molecule has 0 saturated heterocycles. The second-order valence-electron chi connectivity index (χ2n) is 6.69. The Morgan fingerprint density at radius 1 is 1.17 bits per heavy atom. The Morgan fingerprint density at radius 2 is 1.78 bits per heavy atom. The van der Waals surface area contributed by atoms with Gasteiger partial charge in [0.15, 0.2) is 0 Å². The normalized spacial score (nSPS) is 11.7. The number of hydrogen-bond acceptors (Lipinski definition) is 3. The van der Waals surface area contributed by atoms with E-state index in [-0.39, 0.29) is 16.5 Å². The summed E-state index contributed by atoms with van der Waals surface area (Å²) < 4.78 is 1.27. The summed E-state index contributed by atoms with van der Waals surface area (Å²) in [5.74, 6) is 0. The first-order chi connectivity index (χ1) is 10.7. The second-order valence-corrected chi connectivity index (χ2v) is 6.69. The van der Waals surface area contributed by atoms with Crippen LogP contribution in [0.2, 0.25) is 0 Å². The van der Waals surface area contributed by atoms with E-state index in [2.05, 4.69) is 38.0 Å². The molecule has 23 heavy (non-hydrogen) atoms. The van der Waals surface area contributed by atoms with Gasteiger partial charge in [0, 0.05) is 5.69 Å². The standard InChI is InChI=1S/C19H21N3O/c1-13-10-14(2)22(18(23)17(13)11-20)21-12-15-6-8-16(9-7-15)19(3,4)5/h6-10,12H,1-5H3/b21-12+. The number of rotatable bonds is 2. The van der Waals surface area contributed by atoms with Crippen molar-refractivity contribution in [1.29, 1.82) is 5.26 Å². The van der Waals surface area contributed by atoms with Gasteiger partial charge in [0.05, 0.1) is 6.21 Å². The highest BCUT2D eigenvalue weighted by Crippen LogP contribution is 2.21. The van der Waals surface area contributed by atoms with Crippen molar-refractivity contribution in [2.75, 3.05) is 0 Å². The van der Waals surface area contributed by atoms with Gasteiger partial charge in [-0.05, 0) is 42.0 Å². The number of aromatic nitrogens is 1. The maximum absolute atomic E-state index is 12.3. The molecule has 0 fully saturated rings. The van der Waals surface area contributed by atoms with Gasteiger partial charge in [-0.2, -0.15) is 10.4 Å². The van der Waals surface area contributed by atoms with E-state index in [1.54, 1.807) is 26.1 Å². The molecule has 2 rings (SSSR count). The van der Waals surface area contributed by atoms with E-state index in [0.717, 1.165) is 5.56 Å². The first-order valence-electron chi connectivity index (χ1n) is 7.52. The molecule has 1 aromatic carbocycles. The topological polar surface area (TPSA) is 58.1 Å². The highest BCUT2D eigenvalue weighted by Gasteiger charge is 2.12. The van der Waals surface area contributed by atoms with E-state index in [4.69, 9.17) is 5.26 Å². The number of hydrogen-bond donors (Lipinski definition) is 0. The molecule has 4 heteroatoms. The van der Waals surface area contributed by atoms with Crippen molar-refractivity contribution in [3.63, 3.8) is 0 Å². The third-order valence-electron chi connectivity index (χ3n) is 3.77. The molecule has 4 nitrogen and oxygen atoms in total. The van der Waals surface area contributed by atoms with Crippen molar-refractivity contribution in [3.05, 3.63) is 68.6 Å². The Labute approximate surface area is 136 Å². The van der Waals surface area contributed by atoms with Crippen molar-refractivity contribution in [1.82, 2.24) is 4.68 Å². The van der Waals surface area contributed by atoms with Crippen LogP contribution in [0.3, 0.4) is 0 Å². The third-order valence-corrected chi connectivity index (χ3v) is 3.77. The first-order valence-corrected chi connectivity index (χ1v) is 7.52. The van der Waals surface area contributed by atoms with E-state index in [1.165, 1.54) is 10.2 Å². The highest BCUT2D eigenvalue weighted by molar-refractivity contribution is 5.79. The van der Waals surface area contributed by atoms with Crippen molar-refractivity contribution in [2.24, 2.45) is 5.10 Å². The Kier molecular flexibility index (Phi) is 4.51. The molecule has 2 aromatic rings. The Hall–Kier alpha value is -2.67. The Morgan fingerprint density at radius 3 is 2.30 bits per heavy atom. The van der Waals surface area contributed by atoms with E-state index >= 15 is 0 Å². The Bertz CT molecular complexity index is 844. The number of pyridine rings is 1. The van der Waals surface area contributed by atoms with Crippen molar-refractivity contribution < 1.29 is 0 Å². The fourth-order valence-electron chi connectivity index (χ4n) is 2.35. The van der Waals surface area contributed by atoms with Crippen LogP contribution < -0.4 is 5.56 Å². The zero-order chi connectivity index (χ0) is 17.2. The molecular weight excluding hydrogens is 286 g/mol. The molecule has 1 aromatic heterocycles. The minimum Gasteiger partial charge on any atom is -0.266 e. The summed E-state index contributed by atoms with van der Waals surface area (Å²) in [5, 5.41) is 13.3. The molecule has 0 radical (unpaired) electrons. The fourth-order valence-corrected chi connectivity index (χ4v) is 2.35. The molecule has 0 aliphatic rings. The van der Waals surface area contributed by atoms with Gasteiger partial charge in [-0.15, -0.1) is 0 Å². The van der Waals surface area contributed by atoms with Crippen LogP contribution in [0, 0.1) is 25.2 Å². The second kappa shape index (κ2) is 6.21. The summed E-state index contributed by atoms with van der Waals surface area (Å²) in [6.45, 7) is 10.0. The lowest BCUT2D eigenvalue weighted by atomic mass is 9.87. The monoisotopic (exact) mass is 307 g/mol. The van der Waals surface area contributed by atoms with Gasteiger partial charge < -0.3 is 0 Å². The maximum Gasteiger partial charge on any atom is 0.289 e. The van der Waals surface area contributed by atoms with Crippen LogP contribution in [-0.2, 0) is 5.41 Å². The van der Waals surface area contributed by atoms with Gasteiger partial charge in [-0.1, -0.05) is 45.0 Å². The van der Waals surface area contributed by atoms with Crippen LogP contribution in [0.4, 0.5) is 0 Å². The lowest BCUT2D eigenvalue weighted by Crippen LogP contribution is -2.22. The molecule has 0 N–H and O–H groups in total. The molecule has 1 heterocycles. The number of aryl methyl sites for hydroxylation is 2. The van der Waals surface area contributed by atoms with Crippen LogP contribution in [-0.4, -0.2) is 10.9 Å². The highest BCUT2D eigenvalue weighted by atomic mass is 16.1. The SMILES string of the molecule is Cc1cc(C)n(/N=C/c2ccc(C(C)(C)C)cc2)c(=O)c1C#N. The van der Waals surface area contributed by atoms with Gasteiger partial charge >= 0.3 is 0 Å². The molecule has 0 aliphatic heterocycles. The molecule has 0 spiro atoms. The fraction of sp³-hybridized carbons (Fsp3) is 0.316. The average molecular weight is 307 g/mol. The molecule has 0 saturated carbocycles. The van der Waals surface area contributed by atoms with Crippen molar-refractivity contribution in [2.45, 2.75) is 40.0 Å². The summed E-state index contributed by atoms with van der Waals surface area (Å²) in [6, 6.07) is 11.8. The average Bonchev–Trinajstić information content (AvgIpc) is 2.46. The van der Waals surface area contributed by atoms with Crippen LogP contribution in [0.15, 0.2) is 40.2 Å². The molecule has 0 atom stereocenters. The summed E-state index contributed by atoms with van der Waals surface area (Å²) >= 11 is 0. The minimum atomic E-state index is -0.382. The lowest BCUT2D eigenvalue weighted by molar-refractivity contribution is 0.590. The summed E-state index contributed by atoms with van der Waals surface area (Å²) in [5.41, 5.74) is 3.38. The van der Waals surface area contributed by atoms with Gasteiger partial charge in [0.1, 0.15) is 11.6 Å². The van der Waals surface area contributed by atoms with E-state index in [1.807, 2.05) is 18.2 Å². The smallest absolute Gasteiger partial charge is 0.266 e. The summed E-state index contributed by atoms with van der Waals surface area (Å²) in [7, 11) is 0. The first kappa shape index (κ1) is 16.7. The largest absolute Gasteiger partial charge is 0.289 e. The van der Waals surface area contributed by atoms with Gasteiger partial charge in [0.25, 0.3) is 5.56 Å². The van der Waals surface area contributed by atoms with Crippen LogP contribution >= 0.6 is 0 Å². The van der Waals surface area contributed by atoms with E-state index < -0.39 is 0 Å². The van der Waals surface area contributed by atoms with Gasteiger partial charge in [0.2, 0.25) is 0 Å². The van der Waals surface area contributed by atoms with Crippen LogP contribution in [0.5, 0.6) is 0 Å². The number of nitriles is 1. The quantitative estimate of drug-likeness (QED) is 0.797. The predicted molar refractivity (Wildman–Crippen MR) is 93.0 cm³/mol. The van der Waals surface area contributed by atoms with Crippen molar-refractivity contribution >= 4 is 6.21 Å². The zero-order valence-corrected chi connectivity index (χ0v) is 14.2. The molecule has 0 bridgehead atoms. The molecule has 118 valence electrons. The van der Waals surface area contributed by atoms with E-state index in [0.29, 0.717) is 11.3 Å².